The maximum atomic E-state index is 12.2. The van der Waals surface area contributed by atoms with Crippen molar-refractivity contribution in [2.45, 2.75) is 362 Å². The van der Waals surface area contributed by atoms with Crippen LogP contribution in [0.5, 0.6) is 0 Å². The zero-order valence-corrected chi connectivity index (χ0v) is 47.8. The number of hydrogen-bond acceptors (Lipinski definition) is 6. The molecule has 0 aliphatic heterocycles. The van der Waals surface area contributed by atoms with E-state index in [-0.39, 0.29) is 11.9 Å². The van der Waals surface area contributed by atoms with Gasteiger partial charge in [-0.3, -0.25) is 9.59 Å². The predicted molar refractivity (Wildman–Crippen MR) is 299 cm³/mol. The number of carbonyl (C=O) groups is 2. The topological polar surface area (TPSA) is 71.1 Å². The van der Waals surface area contributed by atoms with Crippen LogP contribution in [0.4, 0.5) is 0 Å². The predicted octanol–water partition coefficient (Wildman–Crippen LogP) is 20.9. The van der Waals surface area contributed by atoms with Crippen LogP contribution in [-0.4, -0.2) is 44.2 Å². The molecule has 0 amide bonds. The van der Waals surface area contributed by atoms with Crippen molar-refractivity contribution in [3.63, 3.8) is 0 Å². The van der Waals surface area contributed by atoms with E-state index in [1.165, 1.54) is 231 Å². The first-order valence-corrected chi connectivity index (χ1v) is 31.3. The van der Waals surface area contributed by atoms with Crippen LogP contribution in [-0.2, 0) is 28.5 Å². The summed E-state index contributed by atoms with van der Waals surface area (Å²) in [4.78, 5) is 24.4. The molecule has 69 heavy (non-hydrogen) atoms. The molecule has 6 heteroatoms. The lowest BCUT2D eigenvalue weighted by molar-refractivity contribution is -0.144. The molecule has 0 aromatic carbocycles. The van der Waals surface area contributed by atoms with Gasteiger partial charge >= 0.3 is 11.9 Å². The molecule has 0 N–H and O–H groups in total. The highest BCUT2D eigenvalue weighted by molar-refractivity contribution is 5.69. The Labute approximate surface area is 432 Å². The van der Waals surface area contributed by atoms with Crippen LogP contribution in [0.15, 0.2) is 0 Å². The van der Waals surface area contributed by atoms with Gasteiger partial charge in [-0.15, -0.1) is 0 Å². The van der Waals surface area contributed by atoms with Crippen molar-refractivity contribution in [2.24, 2.45) is 11.8 Å². The van der Waals surface area contributed by atoms with Gasteiger partial charge in [-0.25, -0.2) is 0 Å². The highest BCUT2D eigenvalue weighted by atomic mass is 16.7. The summed E-state index contributed by atoms with van der Waals surface area (Å²) in [6.45, 7) is 15.5. The Morgan fingerprint density at radius 1 is 0.290 bits per heavy atom. The molecule has 412 valence electrons. The Kier molecular flexibility index (Phi) is 55.2. The van der Waals surface area contributed by atoms with Crippen molar-refractivity contribution in [3.05, 3.63) is 0 Å². The molecule has 0 heterocycles. The summed E-state index contributed by atoms with van der Waals surface area (Å²) >= 11 is 0. The second kappa shape index (κ2) is 56.2. The average Bonchev–Trinajstić information content (AvgIpc) is 3.33. The van der Waals surface area contributed by atoms with Crippen molar-refractivity contribution in [1.29, 1.82) is 0 Å². The summed E-state index contributed by atoms with van der Waals surface area (Å²) in [6, 6.07) is 0. The number of ether oxygens (including phenoxy) is 4. The molecule has 0 aromatic heterocycles. The van der Waals surface area contributed by atoms with Crippen LogP contribution in [0.3, 0.4) is 0 Å². The van der Waals surface area contributed by atoms with E-state index in [9.17, 15) is 9.59 Å². The molecule has 0 bridgehead atoms. The summed E-state index contributed by atoms with van der Waals surface area (Å²) in [5.74, 6) is 1.69. The molecule has 0 fully saturated rings. The molecule has 0 aliphatic rings. The fourth-order valence-electron chi connectivity index (χ4n) is 9.80. The molecule has 0 aromatic rings. The fraction of sp³-hybridized carbons (Fsp3) is 0.968. The van der Waals surface area contributed by atoms with Crippen LogP contribution >= 0.6 is 0 Å². The van der Waals surface area contributed by atoms with Crippen molar-refractivity contribution in [2.75, 3.05) is 20.0 Å². The van der Waals surface area contributed by atoms with Gasteiger partial charge in [-0.1, -0.05) is 286 Å². The molecule has 0 rings (SSSR count). The Bertz CT molecular complexity index is 935. The first kappa shape index (κ1) is 67.9. The molecule has 6 nitrogen and oxygen atoms in total. The SMILES string of the molecule is CCCCCCC(CCCCCCCCCCC(=O)OCCCCCCCCCCC(C)C)OCOC(CCCCCC)CCCCCCCCCCC(=O)OCCCCCCCCCCC(C)C. The van der Waals surface area contributed by atoms with Gasteiger partial charge in [0.25, 0.3) is 0 Å². The Morgan fingerprint density at radius 2 is 0.522 bits per heavy atom. The van der Waals surface area contributed by atoms with E-state index >= 15 is 0 Å². The molecule has 0 radical (unpaired) electrons. The summed E-state index contributed by atoms with van der Waals surface area (Å²) in [5, 5.41) is 0. The van der Waals surface area contributed by atoms with Crippen molar-refractivity contribution in [1.82, 2.24) is 0 Å². The zero-order valence-electron chi connectivity index (χ0n) is 47.8. The molecule has 0 spiro atoms. The van der Waals surface area contributed by atoms with Crippen molar-refractivity contribution in [3.8, 4) is 0 Å². The van der Waals surface area contributed by atoms with Crippen LogP contribution in [0.1, 0.15) is 350 Å². The highest BCUT2D eigenvalue weighted by Gasteiger charge is 2.14. The molecular formula is C63H124O6. The largest absolute Gasteiger partial charge is 0.466 e. The van der Waals surface area contributed by atoms with Crippen LogP contribution < -0.4 is 0 Å². The number of rotatable bonds is 58. The molecule has 2 atom stereocenters. The van der Waals surface area contributed by atoms with Crippen LogP contribution in [0, 0.1) is 11.8 Å². The lowest BCUT2D eigenvalue weighted by Crippen LogP contribution is -2.20. The first-order chi connectivity index (χ1) is 33.8. The summed E-state index contributed by atoms with van der Waals surface area (Å²) in [5.41, 5.74) is 0. The Morgan fingerprint density at radius 3 is 0.797 bits per heavy atom. The smallest absolute Gasteiger partial charge is 0.305 e. The van der Waals surface area contributed by atoms with Gasteiger partial charge in [-0.05, 0) is 63.2 Å². The van der Waals surface area contributed by atoms with Crippen LogP contribution in [0.25, 0.3) is 0 Å². The Balaban J connectivity index is 4.08. The minimum Gasteiger partial charge on any atom is -0.466 e. The van der Waals surface area contributed by atoms with Gasteiger partial charge in [0, 0.05) is 12.8 Å². The molecule has 2 unspecified atom stereocenters. The van der Waals surface area contributed by atoms with E-state index < -0.39 is 0 Å². The van der Waals surface area contributed by atoms with Gasteiger partial charge in [-0.2, -0.15) is 0 Å². The fourth-order valence-corrected chi connectivity index (χ4v) is 9.80. The summed E-state index contributed by atoms with van der Waals surface area (Å²) in [7, 11) is 0. The monoisotopic (exact) mass is 977 g/mol. The lowest BCUT2D eigenvalue weighted by atomic mass is 10.0. The number of hydrogen-bond donors (Lipinski definition) is 0. The minimum absolute atomic E-state index is 0.00497. The summed E-state index contributed by atoms with van der Waals surface area (Å²) in [6.07, 6.45) is 59.6. The second-order valence-corrected chi connectivity index (χ2v) is 22.6. The van der Waals surface area contributed by atoms with E-state index in [4.69, 9.17) is 18.9 Å². The lowest BCUT2D eigenvalue weighted by Gasteiger charge is -2.22. The second-order valence-electron chi connectivity index (χ2n) is 22.6. The van der Waals surface area contributed by atoms with Gasteiger partial charge in [0.2, 0.25) is 0 Å². The molecule has 0 saturated carbocycles. The van der Waals surface area contributed by atoms with Crippen LogP contribution in [0.2, 0.25) is 0 Å². The third-order valence-electron chi connectivity index (χ3n) is 14.6. The van der Waals surface area contributed by atoms with Gasteiger partial charge in [0.15, 0.2) is 0 Å². The van der Waals surface area contributed by atoms with E-state index in [0.29, 0.717) is 45.1 Å². The third kappa shape index (κ3) is 56.0. The maximum absolute atomic E-state index is 12.2. The van der Waals surface area contributed by atoms with E-state index in [0.717, 1.165) is 76.0 Å². The quantitative estimate of drug-likeness (QED) is 0.0344. The normalized spacial score (nSPS) is 12.6. The van der Waals surface area contributed by atoms with Crippen molar-refractivity contribution >= 4 is 11.9 Å². The zero-order chi connectivity index (χ0) is 50.4. The van der Waals surface area contributed by atoms with Gasteiger partial charge in [0.05, 0.1) is 25.4 Å². The third-order valence-corrected chi connectivity index (χ3v) is 14.6. The van der Waals surface area contributed by atoms with Gasteiger partial charge in [0.1, 0.15) is 6.79 Å². The number of esters is 2. The molecule has 0 saturated heterocycles. The maximum Gasteiger partial charge on any atom is 0.305 e. The summed E-state index contributed by atoms with van der Waals surface area (Å²) < 4.78 is 24.0. The molecular weight excluding hydrogens is 853 g/mol. The first-order valence-electron chi connectivity index (χ1n) is 31.3. The van der Waals surface area contributed by atoms with Crippen molar-refractivity contribution < 1.29 is 28.5 Å². The minimum atomic E-state index is 0.00497. The van der Waals surface area contributed by atoms with E-state index in [1.54, 1.807) is 0 Å². The highest BCUT2D eigenvalue weighted by Crippen LogP contribution is 2.21. The number of carbonyl (C=O) groups excluding carboxylic acids is 2. The Hall–Kier alpha value is -1.14. The average molecular weight is 978 g/mol. The standard InChI is InChI=1S/C63H124O6/c1-7-9-11-39-49-60(51-41-31-23-13-15-25-33-43-53-62(64)66-55-45-35-27-19-17-21-29-37-47-58(3)4)68-57-69-61(50-40-12-10-8-2)52-42-32-24-14-16-26-34-44-54-63(65)67-56-46-36-28-20-18-22-30-38-48-59(5)6/h58-61H,7-57H2,1-6H3. The molecule has 0 aliphatic carbocycles. The van der Waals surface area contributed by atoms with E-state index in [1.807, 2.05) is 0 Å². The van der Waals surface area contributed by atoms with Gasteiger partial charge < -0.3 is 18.9 Å². The van der Waals surface area contributed by atoms with E-state index in [2.05, 4.69) is 41.5 Å². The number of unbranched alkanes of at least 4 members (excludes halogenated alkanes) is 34.